The first-order chi connectivity index (χ1) is 9.58. The molecule has 1 atom stereocenters. The van der Waals surface area contributed by atoms with Gasteiger partial charge in [-0.25, -0.2) is 4.39 Å². The SMILES string of the molecule is CCc1ccc(C(O)c2cccc(Cl)c2F)cc1CC. The molecule has 0 amide bonds. The molecule has 0 saturated carbocycles. The van der Waals surface area contributed by atoms with E-state index in [1.165, 1.54) is 17.2 Å². The van der Waals surface area contributed by atoms with Crippen LogP contribution in [-0.4, -0.2) is 5.11 Å². The van der Waals surface area contributed by atoms with E-state index < -0.39 is 11.9 Å². The Morgan fingerprint density at radius 3 is 2.45 bits per heavy atom. The number of hydrogen-bond acceptors (Lipinski definition) is 1. The van der Waals surface area contributed by atoms with Crippen molar-refractivity contribution < 1.29 is 9.50 Å². The number of benzene rings is 2. The minimum atomic E-state index is -0.995. The molecule has 20 heavy (non-hydrogen) atoms. The van der Waals surface area contributed by atoms with Crippen LogP contribution in [0.15, 0.2) is 36.4 Å². The van der Waals surface area contributed by atoms with Gasteiger partial charge < -0.3 is 5.11 Å². The highest BCUT2D eigenvalue weighted by molar-refractivity contribution is 6.30. The molecule has 1 N–H and O–H groups in total. The molecule has 2 aromatic rings. The van der Waals surface area contributed by atoms with Crippen LogP contribution in [0.3, 0.4) is 0 Å². The van der Waals surface area contributed by atoms with Crippen LogP contribution in [-0.2, 0) is 12.8 Å². The summed E-state index contributed by atoms with van der Waals surface area (Å²) in [5.74, 6) is -0.556. The summed E-state index contributed by atoms with van der Waals surface area (Å²) in [4.78, 5) is 0. The highest BCUT2D eigenvalue weighted by atomic mass is 35.5. The summed E-state index contributed by atoms with van der Waals surface area (Å²) >= 11 is 5.77. The van der Waals surface area contributed by atoms with Crippen LogP contribution in [0.5, 0.6) is 0 Å². The Morgan fingerprint density at radius 1 is 1.10 bits per heavy atom. The zero-order valence-corrected chi connectivity index (χ0v) is 12.4. The van der Waals surface area contributed by atoms with Crippen LogP contribution in [0.1, 0.15) is 42.2 Å². The van der Waals surface area contributed by atoms with E-state index in [9.17, 15) is 9.50 Å². The Bertz CT molecular complexity index is 610. The molecule has 0 aliphatic rings. The fraction of sp³-hybridized carbons (Fsp3) is 0.294. The molecule has 1 nitrogen and oxygen atoms in total. The maximum atomic E-state index is 14.0. The second-order valence-electron chi connectivity index (χ2n) is 4.78. The molecule has 0 aliphatic heterocycles. The van der Waals surface area contributed by atoms with Gasteiger partial charge in [0.05, 0.1) is 5.02 Å². The molecule has 0 heterocycles. The minimum Gasteiger partial charge on any atom is -0.384 e. The fourth-order valence-corrected chi connectivity index (χ4v) is 2.58. The van der Waals surface area contributed by atoms with E-state index in [0.717, 1.165) is 12.8 Å². The first-order valence-electron chi connectivity index (χ1n) is 6.82. The fourth-order valence-electron chi connectivity index (χ4n) is 2.40. The van der Waals surface area contributed by atoms with E-state index in [4.69, 9.17) is 11.6 Å². The van der Waals surface area contributed by atoms with Crippen molar-refractivity contribution in [2.24, 2.45) is 0 Å². The van der Waals surface area contributed by atoms with Gasteiger partial charge in [-0.3, -0.25) is 0 Å². The normalized spacial score (nSPS) is 12.4. The molecule has 106 valence electrons. The molecule has 2 aromatic carbocycles. The van der Waals surface area contributed by atoms with Crippen molar-refractivity contribution in [1.29, 1.82) is 0 Å². The van der Waals surface area contributed by atoms with Crippen molar-refractivity contribution >= 4 is 11.6 Å². The van der Waals surface area contributed by atoms with Crippen molar-refractivity contribution in [1.82, 2.24) is 0 Å². The lowest BCUT2D eigenvalue weighted by atomic mass is 9.95. The molecular formula is C17H18ClFO. The predicted octanol–water partition coefficient (Wildman–Crippen LogP) is 4.69. The zero-order valence-electron chi connectivity index (χ0n) is 11.7. The van der Waals surface area contributed by atoms with Gasteiger partial charge in [0.2, 0.25) is 0 Å². The molecule has 0 radical (unpaired) electrons. The number of aliphatic hydroxyl groups excluding tert-OH is 1. The summed E-state index contributed by atoms with van der Waals surface area (Å²) in [6, 6.07) is 10.5. The Labute approximate surface area is 124 Å². The summed E-state index contributed by atoms with van der Waals surface area (Å²) in [6.45, 7) is 4.17. The molecule has 0 aliphatic carbocycles. The summed E-state index contributed by atoms with van der Waals surface area (Å²) in [7, 11) is 0. The Hall–Kier alpha value is -1.38. The van der Waals surface area contributed by atoms with Gasteiger partial charge in [-0.1, -0.05) is 55.8 Å². The van der Waals surface area contributed by atoms with E-state index >= 15 is 0 Å². The molecular weight excluding hydrogens is 275 g/mol. The van der Waals surface area contributed by atoms with E-state index in [-0.39, 0.29) is 10.6 Å². The average molecular weight is 293 g/mol. The highest BCUT2D eigenvalue weighted by Crippen LogP contribution is 2.29. The maximum absolute atomic E-state index is 14.0. The van der Waals surface area contributed by atoms with Gasteiger partial charge in [-0.15, -0.1) is 0 Å². The number of halogens is 2. The molecule has 0 spiro atoms. The van der Waals surface area contributed by atoms with Gasteiger partial charge in [0, 0.05) is 5.56 Å². The summed E-state index contributed by atoms with van der Waals surface area (Å²) in [5.41, 5.74) is 3.35. The van der Waals surface area contributed by atoms with Crippen molar-refractivity contribution in [3.63, 3.8) is 0 Å². The van der Waals surface area contributed by atoms with Crippen LogP contribution in [0, 0.1) is 5.82 Å². The summed E-state index contributed by atoms with van der Waals surface area (Å²) in [5, 5.41) is 10.4. The van der Waals surface area contributed by atoms with Crippen molar-refractivity contribution in [3.8, 4) is 0 Å². The van der Waals surface area contributed by atoms with Crippen LogP contribution in [0.25, 0.3) is 0 Å². The third-order valence-electron chi connectivity index (χ3n) is 3.58. The maximum Gasteiger partial charge on any atom is 0.147 e. The van der Waals surface area contributed by atoms with Gasteiger partial charge in [-0.05, 0) is 35.6 Å². The number of aryl methyl sites for hydroxylation is 2. The molecule has 0 aromatic heterocycles. The number of aliphatic hydroxyl groups is 1. The molecule has 1 unspecified atom stereocenters. The van der Waals surface area contributed by atoms with Crippen molar-refractivity contribution in [3.05, 3.63) is 69.5 Å². The third-order valence-corrected chi connectivity index (χ3v) is 3.88. The summed E-state index contributed by atoms with van der Waals surface area (Å²) in [6.07, 6.45) is 0.845. The van der Waals surface area contributed by atoms with E-state index in [1.54, 1.807) is 12.1 Å². The smallest absolute Gasteiger partial charge is 0.147 e. The molecule has 2 rings (SSSR count). The van der Waals surface area contributed by atoms with Crippen LogP contribution >= 0.6 is 11.6 Å². The van der Waals surface area contributed by atoms with Gasteiger partial charge in [0.1, 0.15) is 11.9 Å². The van der Waals surface area contributed by atoms with E-state index in [2.05, 4.69) is 13.8 Å². The quantitative estimate of drug-likeness (QED) is 0.867. The largest absolute Gasteiger partial charge is 0.384 e. The number of hydrogen-bond donors (Lipinski definition) is 1. The second kappa shape index (κ2) is 6.38. The monoisotopic (exact) mass is 292 g/mol. The highest BCUT2D eigenvalue weighted by Gasteiger charge is 2.17. The van der Waals surface area contributed by atoms with Crippen molar-refractivity contribution in [2.45, 2.75) is 32.8 Å². The minimum absolute atomic E-state index is 0.0300. The summed E-state index contributed by atoms with van der Waals surface area (Å²) < 4.78 is 14.0. The van der Waals surface area contributed by atoms with Gasteiger partial charge >= 0.3 is 0 Å². The topological polar surface area (TPSA) is 20.2 Å². The predicted molar refractivity (Wildman–Crippen MR) is 80.7 cm³/mol. The molecule has 3 heteroatoms. The van der Waals surface area contributed by atoms with E-state index in [0.29, 0.717) is 5.56 Å². The third kappa shape index (κ3) is 2.87. The Balaban J connectivity index is 2.43. The lowest BCUT2D eigenvalue weighted by Crippen LogP contribution is -2.04. The average Bonchev–Trinajstić information content (AvgIpc) is 2.48. The lowest BCUT2D eigenvalue weighted by Gasteiger charge is -2.15. The van der Waals surface area contributed by atoms with Crippen molar-refractivity contribution in [2.75, 3.05) is 0 Å². The Morgan fingerprint density at radius 2 is 1.80 bits per heavy atom. The molecule has 0 fully saturated rings. The standard InChI is InChI=1S/C17H18ClFO/c1-3-11-8-9-13(10-12(11)4-2)17(20)14-6-5-7-15(18)16(14)19/h5-10,17,20H,3-4H2,1-2H3. The van der Waals surface area contributed by atoms with Gasteiger partial charge in [-0.2, -0.15) is 0 Å². The lowest BCUT2D eigenvalue weighted by molar-refractivity contribution is 0.215. The van der Waals surface area contributed by atoms with Crippen LogP contribution in [0.4, 0.5) is 4.39 Å². The first-order valence-corrected chi connectivity index (χ1v) is 7.19. The van der Waals surface area contributed by atoms with E-state index in [1.807, 2.05) is 18.2 Å². The number of rotatable bonds is 4. The molecule has 0 bridgehead atoms. The molecule has 0 saturated heterocycles. The van der Waals surface area contributed by atoms with Crippen LogP contribution < -0.4 is 0 Å². The first kappa shape index (κ1) is 15.0. The van der Waals surface area contributed by atoms with Crippen LogP contribution in [0.2, 0.25) is 5.02 Å². The Kier molecular flexibility index (Phi) is 4.79. The zero-order chi connectivity index (χ0) is 14.7. The van der Waals surface area contributed by atoms with Gasteiger partial charge in [0.15, 0.2) is 0 Å². The second-order valence-corrected chi connectivity index (χ2v) is 5.19. The van der Waals surface area contributed by atoms with Gasteiger partial charge in [0.25, 0.3) is 0 Å².